The average molecular weight is 380 g/mol. The standard InChI is InChI=1S/C25H37N3/c1-17(2)20-12-11-13-21(18(3)4)23(20)28-24(25(6,7)8)27-16-19(5)22-14-9-10-15-26-22/h9-15,17-19H,16H2,1-8H3,(H,27,28)/t19-/m0/s1. The predicted octanol–water partition coefficient (Wildman–Crippen LogP) is 6.99. The van der Waals surface area contributed by atoms with E-state index in [1.165, 1.54) is 16.8 Å². The molecular formula is C25H37N3. The number of aliphatic imine (C=N–C) groups is 1. The van der Waals surface area contributed by atoms with Crippen LogP contribution in [0.15, 0.2) is 47.6 Å². The first-order valence-corrected chi connectivity index (χ1v) is 10.5. The fourth-order valence-corrected chi connectivity index (χ4v) is 3.27. The quantitative estimate of drug-likeness (QED) is 0.434. The van der Waals surface area contributed by atoms with Gasteiger partial charge < -0.3 is 5.32 Å². The third-order valence-electron chi connectivity index (χ3n) is 5.04. The molecule has 1 N–H and O–H groups in total. The summed E-state index contributed by atoms with van der Waals surface area (Å²) in [6.07, 6.45) is 1.85. The van der Waals surface area contributed by atoms with E-state index in [0.29, 0.717) is 11.8 Å². The lowest BCUT2D eigenvalue weighted by Crippen LogP contribution is -2.30. The number of benzene rings is 1. The third-order valence-corrected chi connectivity index (χ3v) is 5.04. The molecule has 0 unspecified atom stereocenters. The van der Waals surface area contributed by atoms with Crippen LogP contribution in [0.1, 0.15) is 90.0 Å². The summed E-state index contributed by atoms with van der Waals surface area (Å²) < 4.78 is 0. The van der Waals surface area contributed by atoms with Gasteiger partial charge in [0.1, 0.15) is 5.84 Å². The van der Waals surface area contributed by atoms with Crippen LogP contribution in [0, 0.1) is 5.41 Å². The first-order valence-electron chi connectivity index (χ1n) is 10.5. The fraction of sp³-hybridized carbons (Fsp3) is 0.520. The second-order valence-corrected chi connectivity index (χ2v) is 9.34. The van der Waals surface area contributed by atoms with Crippen molar-refractivity contribution in [2.75, 3.05) is 11.9 Å². The van der Waals surface area contributed by atoms with Crippen molar-refractivity contribution in [3.63, 3.8) is 0 Å². The van der Waals surface area contributed by atoms with Crippen LogP contribution < -0.4 is 5.32 Å². The number of para-hydroxylation sites is 1. The van der Waals surface area contributed by atoms with Gasteiger partial charge in [-0.15, -0.1) is 0 Å². The van der Waals surface area contributed by atoms with Crippen LogP contribution in [0.2, 0.25) is 0 Å². The van der Waals surface area contributed by atoms with Crippen LogP contribution in [0.3, 0.4) is 0 Å². The number of rotatable bonds is 6. The average Bonchev–Trinajstić information content (AvgIpc) is 2.64. The van der Waals surface area contributed by atoms with E-state index in [0.717, 1.165) is 18.1 Å². The summed E-state index contributed by atoms with van der Waals surface area (Å²) in [5.74, 6) is 2.22. The molecule has 2 rings (SSSR count). The van der Waals surface area contributed by atoms with Crippen LogP contribution in [0.4, 0.5) is 5.69 Å². The highest BCUT2D eigenvalue weighted by Crippen LogP contribution is 2.34. The smallest absolute Gasteiger partial charge is 0.106 e. The highest BCUT2D eigenvalue weighted by molar-refractivity contribution is 6.00. The van der Waals surface area contributed by atoms with Crippen molar-refractivity contribution in [2.45, 2.75) is 73.1 Å². The second-order valence-electron chi connectivity index (χ2n) is 9.34. The molecule has 0 aliphatic carbocycles. The van der Waals surface area contributed by atoms with Crippen LogP contribution in [-0.4, -0.2) is 17.4 Å². The summed E-state index contributed by atoms with van der Waals surface area (Å²) in [6.45, 7) is 18.6. The zero-order chi connectivity index (χ0) is 20.9. The van der Waals surface area contributed by atoms with E-state index < -0.39 is 0 Å². The van der Waals surface area contributed by atoms with Crippen molar-refractivity contribution in [1.29, 1.82) is 0 Å². The van der Waals surface area contributed by atoms with Crippen molar-refractivity contribution in [2.24, 2.45) is 10.4 Å². The number of hydrogen-bond acceptors (Lipinski definition) is 2. The SMILES string of the molecule is CC(C)c1cccc(C(C)C)c1NC(=NC[C@H](C)c1ccccn1)C(C)(C)C. The Morgan fingerprint density at radius 3 is 2.00 bits per heavy atom. The Labute approximate surface area is 171 Å². The molecule has 2 aromatic rings. The van der Waals surface area contributed by atoms with E-state index in [1.807, 2.05) is 18.3 Å². The number of anilines is 1. The highest BCUT2D eigenvalue weighted by Gasteiger charge is 2.23. The molecule has 3 heteroatoms. The summed E-state index contributed by atoms with van der Waals surface area (Å²) in [5.41, 5.74) is 4.95. The molecule has 0 saturated heterocycles. The van der Waals surface area contributed by atoms with Gasteiger partial charge in [-0.2, -0.15) is 0 Å². The van der Waals surface area contributed by atoms with Gasteiger partial charge >= 0.3 is 0 Å². The van der Waals surface area contributed by atoms with E-state index in [-0.39, 0.29) is 11.3 Å². The zero-order valence-electron chi connectivity index (χ0n) is 18.9. The van der Waals surface area contributed by atoms with E-state index in [1.54, 1.807) is 0 Å². The van der Waals surface area contributed by atoms with Crippen LogP contribution in [0.5, 0.6) is 0 Å². The van der Waals surface area contributed by atoms with Crippen molar-refractivity contribution in [3.8, 4) is 0 Å². The zero-order valence-corrected chi connectivity index (χ0v) is 18.9. The molecule has 0 aliphatic heterocycles. The lowest BCUT2D eigenvalue weighted by Gasteiger charge is -2.28. The molecule has 3 nitrogen and oxygen atoms in total. The molecule has 0 radical (unpaired) electrons. The Morgan fingerprint density at radius 2 is 1.54 bits per heavy atom. The van der Waals surface area contributed by atoms with Crippen LogP contribution in [-0.2, 0) is 0 Å². The molecule has 1 heterocycles. The van der Waals surface area contributed by atoms with Gasteiger partial charge in [0.05, 0.1) is 0 Å². The fourth-order valence-electron chi connectivity index (χ4n) is 3.27. The number of nitrogens with zero attached hydrogens (tertiary/aromatic N) is 2. The third kappa shape index (κ3) is 5.67. The summed E-state index contributed by atoms with van der Waals surface area (Å²) in [6, 6.07) is 12.7. The lowest BCUT2D eigenvalue weighted by atomic mass is 9.90. The summed E-state index contributed by atoms with van der Waals surface area (Å²) >= 11 is 0. The minimum Gasteiger partial charge on any atom is -0.343 e. The number of amidine groups is 1. The molecule has 0 aliphatic rings. The maximum absolute atomic E-state index is 5.03. The topological polar surface area (TPSA) is 37.3 Å². The maximum atomic E-state index is 5.03. The van der Waals surface area contributed by atoms with Crippen molar-refractivity contribution in [1.82, 2.24) is 4.98 Å². The second kappa shape index (κ2) is 9.36. The predicted molar refractivity (Wildman–Crippen MR) is 123 cm³/mol. The first-order chi connectivity index (χ1) is 13.1. The van der Waals surface area contributed by atoms with Crippen molar-refractivity contribution in [3.05, 3.63) is 59.4 Å². The van der Waals surface area contributed by atoms with Gasteiger partial charge in [-0.25, -0.2) is 0 Å². The Balaban J connectivity index is 2.38. The molecule has 1 aromatic heterocycles. The first kappa shape index (κ1) is 22.1. The summed E-state index contributed by atoms with van der Waals surface area (Å²) in [4.78, 5) is 9.52. The van der Waals surface area contributed by atoms with Crippen molar-refractivity contribution >= 4 is 11.5 Å². The summed E-state index contributed by atoms with van der Waals surface area (Å²) in [7, 11) is 0. The van der Waals surface area contributed by atoms with Gasteiger partial charge in [0, 0.05) is 35.5 Å². The molecule has 0 bridgehead atoms. The van der Waals surface area contributed by atoms with Gasteiger partial charge in [0.25, 0.3) is 0 Å². The minimum absolute atomic E-state index is 0.0673. The van der Waals surface area contributed by atoms with Gasteiger partial charge in [0.2, 0.25) is 0 Å². The molecule has 28 heavy (non-hydrogen) atoms. The highest BCUT2D eigenvalue weighted by atomic mass is 15.0. The minimum atomic E-state index is -0.0673. The molecule has 152 valence electrons. The summed E-state index contributed by atoms with van der Waals surface area (Å²) in [5, 5.41) is 3.76. The van der Waals surface area contributed by atoms with E-state index in [4.69, 9.17) is 4.99 Å². The number of pyridine rings is 1. The molecule has 1 aromatic carbocycles. The Kier molecular flexibility index (Phi) is 7.40. The monoisotopic (exact) mass is 379 g/mol. The van der Waals surface area contributed by atoms with E-state index >= 15 is 0 Å². The molecule has 0 amide bonds. The van der Waals surface area contributed by atoms with Gasteiger partial charge in [-0.1, -0.05) is 79.7 Å². The Morgan fingerprint density at radius 1 is 0.929 bits per heavy atom. The Bertz CT molecular complexity index is 757. The number of aromatic nitrogens is 1. The van der Waals surface area contributed by atoms with E-state index in [2.05, 4.69) is 90.0 Å². The molecule has 0 saturated carbocycles. The Hall–Kier alpha value is -2.16. The van der Waals surface area contributed by atoms with E-state index in [9.17, 15) is 0 Å². The largest absolute Gasteiger partial charge is 0.343 e. The van der Waals surface area contributed by atoms with Crippen LogP contribution in [0.25, 0.3) is 0 Å². The lowest BCUT2D eigenvalue weighted by molar-refractivity contribution is 0.582. The maximum Gasteiger partial charge on any atom is 0.106 e. The van der Waals surface area contributed by atoms with Gasteiger partial charge in [-0.3, -0.25) is 9.98 Å². The normalized spacial score (nSPS) is 13.9. The van der Waals surface area contributed by atoms with Crippen LogP contribution >= 0.6 is 0 Å². The molecule has 1 atom stereocenters. The van der Waals surface area contributed by atoms with Crippen molar-refractivity contribution < 1.29 is 0 Å². The van der Waals surface area contributed by atoms with Gasteiger partial charge in [0.15, 0.2) is 0 Å². The number of hydrogen-bond donors (Lipinski definition) is 1. The number of nitrogens with one attached hydrogen (secondary N) is 1. The molecular weight excluding hydrogens is 342 g/mol. The molecule has 0 spiro atoms. The molecule has 0 fully saturated rings. The van der Waals surface area contributed by atoms with Gasteiger partial charge in [-0.05, 0) is 35.1 Å².